The van der Waals surface area contributed by atoms with Crippen LogP contribution in [-0.2, 0) is 7.05 Å². The van der Waals surface area contributed by atoms with E-state index in [1.165, 1.54) is 41.2 Å². The molecule has 7 heteroatoms. The first-order valence-corrected chi connectivity index (χ1v) is 6.65. The number of aromatic nitrogens is 2. The van der Waals surface area contributed by atoms with Gasteiger partial charge in [0.25, 0.3) is 0 Å². The third kappa shape index (κ3) is 2.51. The Balaban J connectivity index is 1.97. The minimum atomic E-state index is -1.57. The summed E-state index contributed by atoms with van der Waals surface area (Å²) < 4.78 is 19.9. The van der Waals surface area contributed by atoms with Gasteiger partial charge in [-0.2, -0.15) is 5.26 Å². The molecule has 0 bridgehead atoms. The quantitative estimate of drug-likeness (QED) is 0.545. The molecule has 0 aliphatic carbocycles. The van der Waals surface area contributed by atoms with E-state index in [9.17, 15) is 19.2 Å². The Kier molecular flexibility index (Phi) is 3.50. The standard InChI is InChI=1S/C16H10FN3O3/c1-20-5-4-19-16(20)15(22)11(8-18)14(21)13-7-9-6-10(17)2-3-12(9)23-13/h2-7,11H,1H3/t11-/m1/s1. The molecule has 3 rings (SSSR count). The molecule has 3 aromatic rings. The number of carbonyl (C=O) groups is 2. The summed E-state index contributed by atoms with van der Waals surface area (Å²) in [6, 6.07) is 6.78. The van der Waals surface area contributed by atoms with Gasteiger partial charge in [-0.3, -0.25) is 9.59 Å². The average molecular weight is 311 g/mol. The molecule has 0 amide bonds. The lowest BCUT2D eigenvalue weighted by molar-refractivity contribution is 0.0823. The van der Waals surface area contributed by atoms with Crippen LogP contribution in [0.15, 0.2) is 41.1 Å². The lowest BCUT2D eigenvalue weighted by Gasteiger charge is -2.05. The highest BCUT2D eigenvalue weighted by atomic mass is 19.1. The third-order valence-electron chi connectivity index (χ3n) is 3.42. The van der Waals surface area contributed by atoms with Gasteiger partial charge in [-0.05, 0) is 24.3 Å². The number of nitriles is 1. The number of rotatable bonds is 4. The van der Waals surface area contributed by atoms with E-state index in [1.54, 1.807) is 13.1 Å². The molecule has 0 aliphatic rings. The molecule has 0 fully saturated rings. The molecule has 2 aromatic heterocycles. The van der Waals surface area contributed by atoms with Gasteiger partial charge in [0.1, 0.15) is 11.4 Å². The van der Waals surface area contributed by atoms with Gasteiger partial charge in [0, 0.05) is 24.8 Å². The smallest absolute Gasteiger partial charge is 0.223 e. The van der Waals surface area contributed by atoms with Crippen molar-refractivity contribution in [1.29, 1.82) is 5.26 Å². The van der Waals surface area contributed by atoms with Gasteiger partial charge in [-0.1, -0.05) is 0 Å². The molecule has 0 spiro atoms. The lowest BCUT2D eigenvalue weighted by atomic mass is 9.98. The normalized spacial score (nSPS) is 12.0. The van der Waals surface area contributed by atoms with Gasteiger partial charge >= 0.3 is 0 Å². The number of nitrogens with zero attached hydrogens (tertiary/aromatic N) is 3. The summed E-state index contributed by atoms with van der Waals surface area (Å²) in [6.45, 7) is 0. The van der Waals surface area contributed by atoms with Crippen LogP contribution in [0.25, 0.3) is 11.0 Å². The van der Waals surface area contributed by atoms with E-state index < -0.39 is 23.3 Å². The molecule has 0 unspecified atom stereocenters. The second-order valence-corrected chi connectivity index (χ2v) is 4.95. The van der Waals surface area contributed by atoms with Crippen molar-refractivity contribution in [2.75, 3.05) is 0 Å². The molecule has 0 N–H and O–H groups in total. The first-order valence-electron chi connectivity index (χ1n) is 6.65. The Hall–Kier alpha value is -3.27. The highest BCUT2D eigenvalue weighted by Gasteiger charge is 2.32. The lowest BCUT2D eigenvalue weighted by Crippen LogP contribution is -2.25. The van der Waals surface area contributed by atoms with Crippen LogP contribution < -0.4 is 0 Å². The van der Waals surface area contributed by atoms with E-state index >= 15 is 0 Å². The maximum absolute atomic E-state index is 13.2. The van der Waals surface area contributed by atoms with Gasteiger partial charge in [0.15, 0.2) is 17.5 Å². The van der Waals surface area contributed by atoms with Crippen molar-refractivity contribution < 1.29 is 18.4 Å². The zero-order valence-electron chi connectivity index (χ0n) is 12.0. The van der Waals surface area contributed by atoms with Crippen LogP contribution in [0.5, 0.6) is 0 Å². The van der Waals surface area contributed by atoms with Crippen LogP contribution in [-0.4, -0.2) is 21.1 Å². The number of hydrogen-bond donors (Lipinski definition) is 0. The molecule has 0 saturated carbocycles. The number of carbonyl (C=O) groups excluding carboxylic acids is 2. The van der Waals surface area contributed by atoms with Crippen molar-refractivity contribution in [3.63, 3.8) is 0 Å². The van der Waals surface area contributed by atoms with Gasteiger partial charge in [-0.25, -0.2) is 9.37 Å². The Bertz CT molecular complexity index is 965. The fraction of sp³-hybridized carbons (Fsp3) is 0.125. The fourth-order valence-electron chi connectivity index (χ4n) is 2.25. The summed E-state index contributed by atoms with van der Waals surface area (Å²) in [5.41, 5.74) is 0.302. The summed E-state index contributed by atoms with van der Waals surface area (Å²) in [7, 11) is 1.59. The number of Topliss-reactive ketones (excluding diaryl/α,β-unsaturated/α-hetero) is 2. The fourth-order valence-corrected chi connectivity index (χ4v) is 2.25. The molecular formula is C16H10FN3O3. The van der Waals surface area contributed by atoms with Gasteiger partial charge in [0.2, 0.25) is 11.6 Å². The second-order valence-electron chi connectivity index (χ2n) is 4.95. The summed E-state index contributed by atoms with van der Waals surface area (Å²) >= 11 is 0. The highest BCUT2D eigenvalue weighted by Crippen LogP contribution is 2.23. The van der Waals surface area contributed by atoms with Crippen LogP contribution in [0, 0.1) is 23.1 Å². The summed E-state index contributed by atoms with van der Waals surface area (Å²) in [5.74, 6) is -3.69. The Morgan fingerprint density at radius 2 is 2.13 bits per heavy atom. The van der Waals surface area contributed by atoms with E-state index in [-0.39, 0.29) is 11.6 Å². The van der Waals surface area contributed by atoms with Crippen LogP contribution in [0.2, 0.25) is 0 Å². The predicted octanol–water partition coefficient (Wildman–Crippen LogP) is 2.51. The van der Waals surface area contributed by atoms with Crippen molar-refractivity contribution in [2.24, 2.45) is 13.0 Å². The largest absolute Gasteiger partial charge is 0.453 e. The number of ketones is 2. The number of fused-ring (bicyclic) bond motifs is 1. The Labute approximate surface area is 129 Å². The maximum atomic E-state index is 13.2. The van der Waals surface area contributed by atoms with E-state index in [2.05, 4.69) is 4.98 Å². The molecule has 2 heterocycles. The van der Waals surface area contributed by atoms with Crippen molar-refractivity contribution in [2.45, 2.75) is 0 Å². The zero-order chi connectivity index (χ0) is 16.6. The topological polar surface area (TPSA) is 88.9 Å². The minimum Gasteiger partial charge on any atom is -0.453 e. The van der Waals surface area contributed by atoms with Gasteiger partial charge in [-0.15, -0.1) is 0 Å². The Morgan fingerprint density at radius 1 is 1.35 bits per heavy atom. The van der Waals surface area contributed by atoms with Crippen molar-refractivity contribution in [1.82, 2.24) is 9.55 Å². The SMILES string of the molecule is Cn1ccnc1C(=O)[C@H](C#N)C(=O)c1cc2cc(F)ccc2o1. The molecule has 0 radical (unpaired) electrons. The molecule has 0 saturated heterocycles. The number of hydrogen-bond acceptors (Lipinski definition) is 5. The molecule has 6 nitrogen and oxygen atoms in total. The van der Waals surface area contributed by atoms with E-state index in [0.29, 0.717) is 11.0 Å². The van der Waals surface area contributed by atoms with E-state index in [4.69, 9.17) is 4.42 Å². The average Bonchev–Trinajstić information content (AvgIpc) is 3.13. The van der Waals surface area contributed by atoms with Gasteiger partial charge in [0.05, 0.1) is 6.07 Å². The van der Waals surface area contributed by atoms with Crippen molar-refractivity contribution in [3.8, 4) is 6.07 Å². The van der Waals surface area contributed by atoms with E-state index in [1.807, 2.05) is 0 Å². The third-order valence-corrected chi connectivity index (χ3v) is 3.42. The molecule has 23 heavy (non-hydrogen) atoms. The van der Waals surface area contributed by atoms with Crippen LogP contribution in [0.1, 0.15) is 21.2 Å². The molecule has 0 aliphatic heterocycles. The molecular weight excluding hydrogens is 301 g/mol. The first-order chi connectivity index (χ1) is 11.0. The van der Waals surface area contributed by atoms with Crippen LogP contribution in [0.3, 0.4) is 0 Å². The Morgan fingerprint density at radius 3 is 2.78 bits per heavy atom. The van der Waals surface area contributed by atoms with Crippen molar-refractivity contribution >= 4 is 22.5 Å². The van der Waals surface area contributed by atoms with Crippen LogP contribution >= 0.6 is 0 Å². The van der Waals surface area contributed by atoms with Crippen LogP contribution in [0.4, 0.5) is 4.39 Å². The van der Waals surface area contributed by atoms with Gasteiger partial charge < -0.3 is 8.98 Å². The summed E-state index contributed by atoms with van der Waals surface area (Å²) in [6.07, 6.45) is 2.94. The number of furan rings is 1. The molecule has 114 valence electrons. The van der Waals surface area contributed by atoms with E-state index in [0.717, 1.165) is 0 Å². The maximum Gasteiger partial charge on any atom is 0.223 e. The summed E-state index contributed by atoms with van der Waals surface area (Å²) in [4.78, 5) is 28.6. The molecule has 1 atom stereocenters. The monoisotopic (exact) mass is 311 g/mol. The highest BCUT2D eigenvalue weighted by molar-refractivity contribution is 6.16. The second kappa shape index (κ2) is 5.50. The number of imidazole rings is 1. The summed E-state index contributed by atoms with van der Waals surface area (Å²) in [5, 5.41) is 9.59. The predicted molar refractivity (Wildman–Crippen MR) is 77.1 cm³/mol. The number of benzene rings is 1. The number of aryl methyl sites for hydroxylation is 1. The van der Waals surface area contributed by atoms with Crippen molar-refractivity contribution in [3.05, 3.63) is 54.1 Å². The zero-order valence-corrected chi connectivity index (χ0v) is 12.0. The minimum absolute atomic E-state index is 0.00653. The number of halogens is 1. The molecule has 1 aromatic carbocycles. The first kappa shape index (κ1) is 14.7.